The lowest BCUT2D eigenvalue weighted by molar-refractivity contribution is 0.112. The molecule has 1 nitrogen and oxygen atoms in total. The molecule has 1 rings (SSSR count). The van der Waals surface area contributed by atoms with Crippen molar-refractivity contribution in [3.05, 3.63) is 0 Å². The number of rotatable bonds is 2. The van der Waals surface area contributed by atoms with Gasteiger partial charge in [-0.2, -0.15) is 0 Å². The van der Waals surface area contributed by atoms with Crippen LogP contribution in [0.5, 0.6) is 0 Å². The van der Waals surface area contributed by atoms with Crippen molar-refractivity contribution in [2.75, 3.05) is 13.1 Å². The Hall–Kier alpha value is -0.0400. The average Bonchev–Trinajstić information content (AvgIpc) is 2.04. The fourth-order valence-corrected chi connectivity index (χ4v) is 2.74. The summed E-state index contributed by atoms with van der Waals surface area (Å²) in [5, 5.41) is 3.52. The first kappa shape index (κ1) is 11.0. The van der Waals surface area contributed by atoms with Crippen LogP contribution in [0.3, 0.4) is 0 Å². The van der Waals surface area contributed by atoms with Gasteiger partial charge in [0.15, 0.2) is 0 Å². The van der Waals surface area contributed by atoms with Crippen LogP contribution in [-0.2, 0) is 0 Å². The minimum absolute atomic E-state index is 0.502. The average molecular weight is 183 g/mol. The largest absolute Gasteiger partial charge is 0.316 e. The van der Waals surface area contributed by atoms with Crippen molar-refractivity contribution >= 4 is 0 Å². The third-order valence-corrected chi connectivity index (χ3v) is 3.38. The highest BCUT2D eigenvalue weighted by Crippen LogP contribution is 2.38. The molecule has 0 aromatic heterocycles. The molecule has 0 aromatic rings. The third kappa shape index (κ3) is 2.98. The van der Waals surface area contributed by atoms with Crippen LogP contribution in [0.25, 0.3) is 0 Å². The fourth-order valence-electron chi connectivity index (χ4n) is 2.74. The van der Waals surface area contributed by atoms with Gasteiger partial charge in [0.05, 0.1) is 0 Å². The zero-order chi connectivity index (χ0) is 9.90. The summed E-state index contributed by atoms with van der Waals surface area (Å²) in [5.74, 6) is 1.84. The van der Waals surface area contributed by atoms with E-state index >= 15 is 0 Å². The summed E-state index contributed by atoms with van der Waals surface area (Å²) >= 11 is 0. The molecule has 0 spiro atoms. The van der Waals surface area contributed by atoms with Crippen LogP contribution >= 0.6 is 0 Å². The van der Waals surface area contributed by atoms with Crippen LogP contribution in [-0.4, -0.2) is 13.1 Å². The van der Waals surface area contributed by atoms with Crippen LogP contribution < -0.4 is 5.32 Å². The van der Waals surface area contributed by atoms with Gasteiger partial charge in [0.2, 0.25) is 0 Å². The number of hydrogen-bond donors (Lipinski definition) is 1. The molecule has 1 fully saturated rings. The Labute approximate surface area is 83.3 Å². The summed E-state index contributed by atoms with van der Waals surface area (Å²) in [6, 6.07) is 0. The van der Waals surface area contributed by atoms with Gasteiger partial charge in [-0.05, 0) is 43.2 Å². The molecule has 2 unspecified atom stereocenters. The molecule has 1 heteroatoms. The number of nitrogens with one attached hydrogen (secondary N) is 1. The summed E-state index contributed by atoms with van der Waals surface area (Å²) in [4.78, 5) is 0. The van der Waals surface area contributed by atoms with Crippen molar-refractivity contribution in [3.63, 3.8) is 0 Å². The lowest BCUT2D eigenvalue weighted by Gasteiger charge is -2.40. The molecule has 2 atom stereocenters. The van der Waals surface area contributed by atoms with Gasteiger partial charge < -0.3 is 5.32 Å². The summed E-state index contributed by atoms with van der Waals surface area (Å²) in [7, 11) is 0. The smallest absolute Gasteiger partial charge is 0.00177 e. The van der Waals surface area contributed by atoms with E-state index in [0.29, 0.717) is 5.41 Å². The van der Waals surface area contributed by atoms with Crippen molar-refractivity contribution in [2.45, 2.75) is 47.0 Å². The maximum absolute atomic E-state index is 3.52. The molecule has 0 bridgehead atoms. The lowest BCUT2D eigenvalue weighted by atomic mass is 9.69. The first-order valence-electron chi connectivity index (χ1n) is 5.76. The van der Waals surface area contributed by atoms with Gasteiger partial charge in [-0.3, -0.25) is 0 Å². The standard InChI is InChI=1S/C12H25N/c1-5-6-10-9-13-8-7-11(10)12(2,3)4/h10-11,13H,5-9H2,1-4H3. The fraction of sp³-hybridized carbons (Fsp3) is 1.00. The molecule has 13 heavy (non-hydrogen) atoms. The third-order valence-electron chi connectivity index (χ3n) is 3.38. The zero-order valence-electron chi connectivity index (χ0n) is 9.69. The van der Waals surface area contributed by atoms with Crippen molar-refractivity contribution in [1.82, 2.24) is 5.32 Å². The van der Waals surface area contributed by atoms with Gasteiger partial charge in [0.1, 0.15) is 0 Å². The molecule has 1 heterocycles. The van der Waals surface area contributed by atoms with Gasteiger partial charge in [-0.15, -0.1) is 0 Å². The Morgan fingerprint density at radius 1 is 1.31 bits per heavy atom. The summed E-state index contributed by atoms with van der Waals surface area (Å²) in [6.07, 6.45) is 4.10. The van der Waals surface area contributed by atoms with Gasteiger partial charge >= 0.3 is 0 Å². The molecular formula is C12H25N. The molecule has 1 saturated heterocycles. The highest BCUT2D eigenvalue weighted by molar-refractivity contribution is 4.85. The zero-order valence-corrected chi connectivity index (χ0v) is 9.69. The van der Waals surface area contributed by atoms with E-state index in [2.05, 4.69) is 33.0 Å². The highest BCUT2D eigenvalue weighted by atomic mass is 14.9. The van der Waals surface area contributed by atoms with Crippen molar-refractivity contribution in [1.29, 1.82) is 0 Å². The molecule has 78 valence electrons. The Morgan fingerprint density at radius 2 is 2.00 bits per heavy atom. The molecule has 1 N–H and O–H groups in total. The molecule has 1 aliphatic heterocycles. The van der Waals surface area contributed by atoms with E-state index in [1.165, 1.54) is 32.4 Å². The van der Waals surface area contributed by atoms with Crippen LogP contribution in [0.2, 0.25) is 0 Å². The SMILES string of the molecule is CCCC1CNCCC1C(C)(C)C. The topological polar surface area (TPSA) is 12.0 Å². The van der Waals surface area contributed by atoms with E-state index in [-0.39, 0.29) is 0 Å². The van der Waals surface area contributed by atoms with E-state index in [4.69, 9.17) is 0 Å². The predicted octanol–water partition coefficient (Wildman–Crippen LogP) is 3.06. The predicted molar refractivity (Wildman–Crippen MR) is 58.8 cm³/mol. The normalized spacial score (nSPS) is 30.5. The van der Waals surface area contributed by atoms with Gasteiger partial charge in [0.25, 0.3) is 0 Å². The summed E-state index contributed by atoms with van der Waals surface area (Å²) in [5.41, 5.74) is 0.502. The quantitative estimate of drug-likeness (QED) is 0.694. The van der Waals surface area contributed by atoms with E-state index in [1.807, 2.05) is 0 Å². The first-order valence-corrected chi connectivity index (χ1v) is 5.76. The molecular weight excluding hydrogens is 158 g/mol. The number of hydrogen-bond acceptors (Lipinski definition) is 1. The van der Waals surface area contributed by atoms with Crippen molar-refractivity contribution in [3.8, 4) is 0 Å². The Kier molecular flexibility index (Phi) is 3.78. The molecule has 1 aliphatic rings. The van der Waals surface area contributed by atoms with E-state index in [0.717, 1.165) is 11.8 Å². The van der Waals surface area contributed by atoms with Crippen LogP contribution in [0.15, 0.2) is 0 Å². The Morgan fingerprint density at radius 3 is 2.54 bits per heavy atom. The summed E-state index contributed by atoms with van der Waals surface area (Å²) in [6.45, 7) is 12.0. The van der Waals surface area contributed by atoms with Crippen LogP contribution in [0.1, 0.15) is 47.0 Å². The lowest BCUT2D eigenvalue weighted by Crippen LogP contribution is -2.42. The molecule has 0 aliphatic carbocycles. The van der Waals surface area contributed by atoms with Crippen molar-refractivity contribution < 1.29 is 0 Å². The van der Waals surface area contributed by atoms with Gasteiger partial charge in [-0.1, -0.05) is 34.1 Å². The van der Waals surface area contributed by atoms with Gasteiger partial charge in [-0.25, -0.2) is 0 Å². The number of piperidine rings is 1. The molecule has 0 saturated carbocycles. The molecule has 0 aromatic carbocycles. The summed E-state index contributed by atoms with van der Waals surface area (Å²) < 4.78 is 0. The minimum atomic E-state index is 0.502. The maximum Gasteiger partial charge on any atom is -0.00177 e. The Bertz CT molecular complexity index is 144. The molecule has 0 amide bonds. The maximum atomic E-state index is 3.52. The highest BCUT2D eigenvalue weighted by Gasteiger charge is 2.33. The van der Waals surface area contributed by atoms with Crippen molar-refractivity contribution in [2.24, 2.45) is 17.3 Å². The minimum Gasteiger partial charge on any atom is -0.316 e. The monoisotopic (exact) mass is 183 g/mol. The van der Waals surface area contributed by atoms with Crippen LogP contribution in [0, 0.1) is 17.3 Å². The van der Waals surface area contributed by atoms with E-state index < -0.39 is 0 Å². The second-order valence-corrected chi connectivity index (χ2v) is 5.51. The van der Waals surface area contributed by atoms with Crippen LogP contribution in [0.4, 0.5) is 0 Å². The Balaban J connectivity index is 2.56. The molecule has 0 radical (unpaired) electrons. The second kappa shape index (κ2) is 4.45. The van der Waals surface area contributed by atoms with E-state index in [1.54, 1.807) is 0 Å². The van der Waals surface area contributed by atoms with Gasteiger partial charge in [0, 0.05) is 0 Å². The van der Waals surface area contributed by atoms with E-state index in [9.17, 15) is 0 Å². The second-order valence-electron chi connectivity index (χ2n) is 5.51. The first-order chi connectivity index (χ1) is 6.05.